The van der Waals surface area contributed by atoms with Crippen molar-refractivity contribution in [3.8, 4) is 0 Å². The summed E-state index contributed by atoms with van der Waals surface area (Å²) < 4.78 is 0. The number of rotatable bonds is 11. The Morgan fingerprint density at radius 1 is 1.22 bits per heavy atom. The van der Waals surface area contributed by atoms with Gasteiger partial charge in [0.1, 0.15) is 0 Å². The van der Waals surface area contributed by atoms with Crippen LogP contribution in [-0.4, -0.2) is 62.1 Å². The van der Waals surface area contributed by atoms with Crippen LogP contribution in [0.5, 0.6) is 0 Å². The fourth-order valence-corrected chi connectivity index (χ4v) is 3.54. The molecule has 136 valence electrons. The molecule has 0 spiro atoms. The Labute approximate surface area is 148 Å². The molecule has 1 heterocycles. The lowest BCUT2D eigenvalue weighted by atomic mass is 10.0. The minimum absolute atomic E-state index is 0.887. The lowest BCUT2D eigenvalue weighted by molar-refractivity contribution is 0.181. The van der Waals surface area contributed by atoms with Crippen molar-refractivity contribution in [1.29, 1.82) is 0 Å². The van der Waals surface area contributed by atoms with E-state index in [4.69, 9.17) is 4.99 Å². The van der Waals surface area contributed by atoms with Crippen LogP contribution in [0.1, 0.15) is 52.4 Å². The molecule has 0 radical (unpaired) electrons. The van der Waals surface area contributed by atoms with Crippen LogP contribution < -0.4 is 10.6 Å². The number of nitrogens with one attached hydrogen (secondary N) is 2. The zero-order valence-electron chi connectivity index (χ0n) is 15.6. The molecule has 1 unspecified atom stereocenters. The first-order valence-electron chi connectivity index (χ1n) is 9.49. The molecule has 1 atom stereocenters. The largest absolute Gasteiger partial charge is 0.357 e. The Balaban J connectivity index is 2.10. The molecular formula is C18H38N4S. The summed E-state index contributed by atoms with van der Waals surface area (Å²) in [5.41, 5.74) is 0. The van der Waals surface area contributed by atoms with Crippen LogP contribution in [0.3, 0.4) is 0 Å². The number of hydrogen-bond donors (Lipinski definition) is 2. The lowest BCUT2D eigenvalue weighted by Crippen LogP contribution is -2.38. The Kier molecular flexibility index (Phi) is 12.5. The van der Waals surface area contributed by atoms with Crippen LogP contribution in [0.25, 0.3) is 0 Å². The van der Waals surface area contributed by atoms with E-state index in [9.17, 15) is 0 Å². The highest BCUT2D eigenvalue weighted by Crippen LogP contribution is 2.15. The van der Waals surface area contributed by atoms with Gasteiger partial charge >= 0.3 is 0 Å². The number of hydrogen-bond acceptors (Lipinski definition) is 3. The Morgan fingerprint density at radius 3 is 2.83 bits per heavy atom. The highest BCUT2D eigenvalue weighted by atomic mass is 32.2. The van der Waals surface area contributed by atoms with E-state index < -0.39 is 0 Å². The standard InChI is InChI=1S/C18H38N4S/c1-4-19-18(21-12-6-8-15-23-3)20-11-5-7-13-22-14-9-10-17(2)16-22/h17H,4-16H2,1-3H3,(H2,19,20,21). The van der Waals surface area contributed by atoms with Gasteiger partial charge in [-0.25, -0.2) is 0 Å². The average Bonchev–Trinajstić information content (AvgIpc) is 2.54. The number of guanidine groups is 1. The topological polar surface area (TPSA) is 39.7 Å². The predicted octanol–water partition coefficient (Wildman–Crippen LogP) is 3.20. The van der Waals surface area contributed by atoms with Crippen LogP contribution in [0, 0.1) is 5.92 Å². The highest BCUT2D eigenvalue weighted by molar-refractivity contribution is 7.98. The fraction of sp³-hybridized carbons (Fsp3) is 0.944. The monoisotopic (exact) mass is 342 g/mol. The molecule has 4 nitrogen and oxygen atoms in total. The number of thioether (sulfide) groups is 1. The van der Waals surface area contributed by atoms with Gasteiger partial charge in [0.15, 0.2) is 5.96 Å². The molecule has 0 aromatic heterocycles. The maximum atomic E-state index is 4.70. The number of aliphatic imine (C=N–C) groups is 1. The van der Waals surface area contributed by atoms with E-state index in [2.05, 4.69) is 35.6 Å². The maximum Gasteiger partial charge on any atom is 0.191 e. The first kappa shape index (κ1) is 20.6. The third-order valence-corrected chi connectivity index (χ3v) is 5.00. The number of nitrogens with zero attached hydrogens (tertiary/aromatic N) is 2. The molecule has 1 saturated heterocycles. The van der Waals surface area contributed by atoms with Gasteiger partial charge in [-0.2, -0.15) is 11.8 Å². The first-order valence-corrected chi connectivity index (χ1v) is 10.9. The second kappa shape index (κ2) is 14.0. The molecule has 1 aliphatic rings. The second-order valence-electron chi connectivity index (χ2n) is 6.64. The van der Waals surface area contributed by atoms with Gasteiger partial charge in [0, 0.05) is 26.2 Å². The molecule has 0 saturated carbocycles. The van der Waals surface area contributed by atoms with Crippen molar-refractivity contribution in [1.82, 2.24) is 15.5 Å². The first-order chi connectivity index (χ1) is 11.3. The number of piperidine rings is 1. The molecule has 1 fully saturated rings. The predicted molar refractivity (Wildman–Crippen MR) is 106 cm³/mol. The summed E-state index contributed by atoms with van der Waals surface area (Å²) in [6.07, 6.45) is 9.92. The summed E-state index contributed by atoms with van der Waals surface area (Å²) in [6, 6.07) is 0. The van der Waals surface area contributed by atoms with Crippen LogP contribution >= 0.6 is 11.8 Å². The van der Waals surface area contributed by atoms with E-state index in [1.807, 2.05) is 11.8 Å². The summed E-state index contributed by atoms with van der Waals surface area (Å²) in [4.78, 5) is 7.33. The molecular weight excluding hydrogens is 304 g/mol. The van der Waals surface area contributed by atoms with Crippen molar-refractivity contribution >= 4 is 17.7 Å². The average molecular weight is 343 g/mol. The van der Waals surface area contributed by atoms with Crippen molar-refractivity contribution < 1.29 is 0 Å². The molecule has 0 aromatic carbocycles. The van der Waals surface area contributed by atoms with Crippen LogP contribution in [0.4, 0.5) is 0 Å². The molecule has 0 bridgehead atoms. The van der Waals surface area contributed by atoms with Crippen molar-refractivity contribution in [2.75, 3.05) is 51.3 Å². The summed E-state index contributed by atoms with van der Waals surface area (Å²) in [5, 5.41) is 6.79. The van der Waals surface area contributed by atoms with E-state index >= 15 is 0 Å². The zero-order chi connectivity index (χ0) is 16.8. The van der Waals surface area contributed by atoms with Crippen molar-refractivity contribution in [3.63, 3.8) is 0 Å². The molecule has 1 rings (SSSR count). The van der Waals surface area contributed by atoms with Gasteiger partial charge in [0.05, 0.1) is 0 Å². The van der Waals surface area contributed by atoms with Crippen molar-refractivity contribution in [2.24, 2.45) is 10.9 Å². The third kappa shape index (κ3) is 10.9. The van der Waals surface area contributed by atoms with E-state index in [0.717, 1.165) is 31.5 Å². The van der Waals surface area contributed by atoms with Gasteiger partial charge in [-0.15, -0.1) is 0 Å². The van der Waals surface area contributed by atoms with Gasteiger partial charge in [0.2, 0.25) is 0 Å². The molecule has 0 aliphatic carbocycles. The smallest absolute Gasteiger partial charge is 0.191 e. The Bertz CT molecular complexity index is 309. The van der Waals surface area contributed by atoms with Gasteiger partial charge in [-0.3, -0.25) is 4.99 Å². The van der Waals surface area contributed by atoms with Gasteiger partial charge in [-0.05, 0) is 76.5 Å². The quantitative estimate of drug-likeness (QED) is 0.344. The summed E-state index contributed by atoms with van der Waals surface area (Å²) in [5.74, 6) is 3.13. The normalized spacial score (nSPS) is 19.8. The van der Waals surface area contributed by atoms with E-state index in [1.54, 1.807) is 0 Å². The molecule has 5 heteroatoms. The van der Waals surface area contributed by atoms with E-state index in [0.29, 0.717) is 0 Å². The Morgan fingerprint density at radius 2 is 2.09 bits per heavy atom. The summed E-state index contributed by atoms with van der Waals surface area (Å²) in [6.45, 7) is 11.2. The van der Waals surface area contributed by atoms with Crippen LogP contribution in [-0.2, 0) is 0 Å². The highest BCUT2D eigenvalue weighted by Gasteiger charge is 2.15. The lowest BCUT2D eigenvalue weighted by Gasteiger charge is -2.30. The van der Waals surface area contributed by atoms with Gasteiger partial charge < -0.3 is 15.5 Å². The summed E-state index contributed by atoms with van der Waals surface area (Å²) >= 11 is 1.92. The zero-order valence-corrected chi connectivity index (χ0v) is 16.4. The van der Waals surface area contributed by atoms with Gasteiger partial charge in [-0.1, -0.05) is 6.92 Å². The molecule has 0 amide bonds. The number of unbranched alkanes of at least 4 members (excludes halogenated alkanes) is 2. The van der Waals surface area contributed by atoms with Crippen LogP contribution in [0.2, 0.25) is 0 Å². The molecule has 23 heavy (non-hydrogen) atoms. The maximum absolute atomic E-state index is 4.70. The summed E-state index contributed by atoms with van der Waals surface area (Å²) in [7, 11) is 0. The SMILES string of the molecule is CCNC(=NCCCCN1CCCC(C)C1)NCCCCSC. The second-order valence-corrected chi connectivity index (χ2v) is 7.63. The van der Waals surface area contributed by atoms with Crippen molar-refractivity contribution in [2.45, 2.75) is 52.4 Å². The van der Waals surface area contributed by atoms with Crippen LogP contribution in [0.15, 0.2) is 4.99 Å². The van der Waals surface area contributed by atoms with Crippen molar-refractivity contribution in [3.05, 3.63) is 0 Å². The molecule has 1 aliphatic heterocycles. The molecule has 0 aromatic rings. The van der Waals surface area contributed by atoms with E-state index in [1.165, 1.54) is 63.9 Å². The van der Waals surface area contributed by atoms with Gasteiger partial charge in [0.25, 0.3) is 0 Å². The Hall–Kier alpha value is -0.420. The minimum atomic E-state index is 0.887. The number of likely N-dealkylation sites (tertiary alicyclic amines) is 1. The third-order valence-electron chi connectivity index (χ3n) is 4.31. The van der Waals surface area contributed by atoms with E-state index in [-0.39, 0.29) is 0 Å². The minimum Gasteiger partial charge on any atom is -0.357 e. The fourth-order valence-electron chi connectivity index (χ4n) is 3.05. The molecule has 2 N–H and O–H groups in total.